The van der Waals surface area contributed by atoms with Crippen LogP contribution in [0, 0.1) is 0 Å². The Bertz CT molecular complexity index is 782. The van der Waals surface area contributed by atoms with Crippen molar-refractivity contribution in [2.75, 3.05) is 6.54 Å². The molecule has 2 N–H and O–H groups in total. The fourth-order valence-corrected chi connectivity index (χ4v) is 3.04. The Morgan fingerprint density at radius 3 is 2.61 bits per heavy atom. The van der Waals surface area contributed by atoms with Crippen molar-refractivity contribution in [3.8, 4) is 0 Å². The molecule has 0 saturated heterocycles. The average Bonchev–Trinajstić information content (AvgIpc) is 2.55. The molecule has 0 radical (unpaired) electrons. The molecule has 0 fully saturated rings. The van der Waals surface area contributed by atoms with Crippen molar-refractivity contribution in [2.24, 2.45) is 0 Å². The molecule has 2 nitrogen and oxygen atoms in total. The van der Waals surface area contributed by atoms with Crippen molar-refractivity contribution in [3.05, 3.63) is 82.9 Å². The summed E-state index contributed by atoms with van der Waals surface area (Å²) >= 11 is 5.97. The molecule has 0 aromatic heterocycles. The smallest absolute Gasteiger partial charge is 0.0704 e. The van der Waals surface area contributed by atoms with Crippen molar-refractivity contribution < 1.29 is 5.11 Å². The third-order valence-electron chi connectivity index (χ3n) is 3.94. The normalized spacial score (nSPS) is 12.4. The van der Waals surface area contributed by atoms with Gasteiger partial charge in [-0.3, -0.25) is 0 Å². The van der Waals surface area contributed by atoms with Crippen molar-refractivity contribution in [1.29, 1.82) is 0 Å². The highest BCUT2D eigenvalue weighted by Crippen LogP contribution is 2.18. The van der Waals surface area contributed by atoms with Gasteiger partial charge in [-0.15, -0.1) is 0 Å². The molecular weight excluding hydrogens is 306 g/mol. The van der Waals surface area contributed by atoms with Gasteiger partial charge in [0, 0.05) is 18.1 Å². The van der Waals surface area contributed by atoms with E-state index in [-0.39, 0.29) is 0 Å². The predicted octanol–water partition coefficient (Wildman–Crippen LogP) is 4.19. The first-order valence-corrected chi connectivity index (χ1v) is 8.20. The number of hydrogen-bond acceptors (Lipinski definition) is 2. The fraction of sp³-hybridized carbons (Fsp3) is 0.200. The van der Waals surface area contributed by atoms with E-state index in [4.69, 9.17) is 11.6 Å². The van der Waals surface area contributed by atoms with Crippen LogP contribution in [0.2, 0.25) is 5.02 Å². The second-order valence-electron chi connectivity index (χ2n) is 5.76. The summed E-state index contributed by atoms with van der Waals surface area (Å²) in [5, 5.41) is 16.7. The van der Waals surface area contributed by atoms with E-state index in [0.29, 0.717) is 18.0 Å². The first-order valence-electron chi connectivity index (χ1n) is 7.82. The lowest BCUT2D eigenvalue weighted by molar-refractivity contribution is 0.171. The zero-order valence-electron chi connectivity index (χ0n) is 12.9. The Labute approximate surface area is 141 Å². The molecule has 0 heterocycles. The number of aliphatic hydroxyl groups is 1. The summed E-state index contributed by atoms with van der Waals surface area (Å²) in [7, 11) is 0. The molecule has 0 bridgehead atoms. The summed E-state index contributed by atoms with van der Waals surface area (Å²) in [6.07, 6.45) is 0.173. The zero-order chi connectivity index (χ0) is 16.1. The molecule has 23 heavy (non-hydrogen) atoms. The van der Waals surface area contributed by atoms with Crippen molar-refractivity contribution in [1.82, 2.24) is 5.32 Å². The minimum Gasteiger partial charge on any atom is -0.391 e. The highest BCUT2D eigenvalue weighted by Gasteiger charge is 2.06. The molecule has 0 saturated carbocycles. The van der Waals surface area contributed by atoms with Crippen LogP contribution in [0.25, 0.3) is 10.8 Å². The van der Waals surface area contributed by atoms with Gasteiger partial charge in [0.05, 0.1) is 6.10 Å². The summed E-state index contributed by atoms with van der Waals surface area (Å²) in [5.74, 6) is 0. The van der Waals surface area contributed by atoms with Crippen LogP contribution < -0.4 is 5.32 Å². The summed E-state index contributed by atoms with van der Waals surface area (Å²) in [6.45, 7) is 1.30. The molecule has 3 rings (SSSR count). The lowest BCUT2D eigenvalue weighted by atomic mass is 10.0. The SMILES string of the molecule is OC(CNCc1cccc2ccccc12)Cc1cccc(Cl)c1. The van der Waals surface area contributed by atoms with Crippen LogP contribution in [0.4, 0.5) is 0 Å². The molecule has 1 unspecified atom stereocenters. The quantitative estimate of drug-likeness (QED) is 0.712. The minimum atomic E-state index is -0.427. The molecule has 0 aliphatic heterocycles. The summed E-state index contributed by atoms with van der Waals surface area (Å²) < 4.78 is 0. The van der Waals surface area contributed by atoms with E-state index in [9.17, 15) is 5.11 Å². The van der Waals surface area contributed by atoms with Gasteiger partial charge in [0.25, 0.3) is 0 Å². The van der Waals surface area contributed by atoms with E-state index in [1.807, 2.05) is 30.3 Å². The van der Waals surface area contributed by atoms with Crippen molar-refractivity contribution >= 4 is 22.4 Å². The number of fused-ring (bicyclic) bond motifs is 1. The Balaban J connectivity index is 1.56. The van der Waals surface area contributed by atoms with Gasteiger partial charge in [0.1, 0.15) is 0 Å². The molecule has 0 aliphatic rings. The highest BCUT2D eigenvalue weighted by atomic mass is 35.5. The van der Waals surface area contributed by atoms with Crippen LogP contribution in [0.1, 0.15) is 11.1 Å². The average molecular weight is 326 g/mol. The number of hydrogen-bond donors (Lipinski definition) is 2. The second-order valence-corrected chi connectivity index (χ2v) is 6.19. The van der Waals surface area contributed by atoms with E-state index >= 15 is 0 Å². The van der Waals surface area contributed by atoms with Crippen molar-refractivity contribution in [3.63, 3.8) is 0 Å². The van der Waals surface area contributed by atoms with Crippen LogP contribution in [0.5, 0.6) is 0 Å². The fourth-order valence-electron chi connectivity index (χ4n) is 2.83. The van der Waals surface area contributed by atoms with E-state index in [2.05, 4.69) is 41.7 Å². The third kappa shape index (κ3) is 4.32. The molecule has 3 heteroatoms. The van der Waals surface area contributed by atoms with Crippen LogP contribution in [0.15, 0.2) is 66.7 Å². The minimum absolute atomic E-state index is 0.427. The molecule has 118 valence electrons. The molecule has 3 aromatic carbocycles. The van der Waals surface area contributed by atoms with Gasteiger partial charge < -0.3 is 10.4 Å². The van der Waals surface area contributed by atoms with Crippen LogP contribution >= 0.6 is 11.6 Å². The Kier molecular flexibility index (Phi) is 5.29. The molecule has 0 amide bonds. The van der Waals surface area contributed by atoms with Gasteiger partial charge in [0.15, 0.2) is 0 Å². The van der Waals surface area contributed by atoms with E-state index in [1.165, 1.54) is 16.3 Å². The highest BCUT2D eigenvalue weighted by molar-refractivity contribution is 6.30. The lowest BCUT2D eigenvalue weighted by Gasteiger charge is -2.13. The number of aliphatic hydroxyl groups excluding tert-OH is 1. The molecule has 1 atom stereocenters. The monoisotopic (exact) mass is 325 g/mol. The third-order valence-corrected chi connectivity index (χ3v) is 4.17. The van der Waals surface area contributed by atoms with Crippen LogP contribution in [0.3, 0.4) is 0 Å². The molecular formula is C20H20ClNO. The predicted molar refractivity (Wildman–Crippen MR) is 96.8 cm³/mol. The summed E-state index contributed by atoms with van der Waals surface area (Å²) in [4.78, 5) is 0. The molecule has 0 aliphatic carbocycles. The number of rotatable bonds is 6. The maximum atomic E-state index is 10.2. The standard InChI is InChI=1S/C20H20ClNO/c21-18-9-3-5-15(11-18)12-19(23)14-22-13-17-8-4-7-16-6-1-2-10-20(16)17/h1-11,19,22-23H,12-14H2. The number of nitrogens with one attached hydrogen (secondary N) is 1. The van der Waals surface area contributed by atoms with Crippen LogP contribution in [-0.4, -0.2) is 17.8 Å². The largest absolute Gasteiger partial charge is 0.391 e. The topological polar surface area (TPSA) is 32.3 Å². The van der Waals surface area contributed by atoms with Crippen molar-refractivity contribution in [2.45, 2.75) is 19.1 Å². The van der Waals surface area contributed by atoms with Gasteiger partial charge in [-0.1, -0.05) is 66.2 Å². The van der Waals surface area contributed by atoms with Gasteiger partial charge in [0.2, 0.25) is 0 Å². The maximum absolute atomic E-state index is 10.2. The second kappa shape index (κ2) is 7.60. The Morgan fingerprint density at radius 1 is 0.957 bits per heavy atom. The number of halogens is 1. The zero-order valence-corrected chi connectivity index (χ0v) is 13.6. The lowest BCUT2D eigenvalue weighted by Crippen LogP contribution is -2.28. The summed E-state index contributed by atoms with van der Waals surface area (Å²) in [6, 6.07) is 22.3. The molecule has 0 spiro atoms. The Hall–Kier alpha value is -1.87. The van der Waals surface area contributed by atoms with Gasteiger partial charge >= 0.3 is 0 Å². The maximum Gasteiger partial charge on any atom is 0.0704 e. The number of benzene rings is 3. The first kappa shape index (κ1) is 16.0. The van der Waals surface area contributed by atoms with E-state index in [1.54, 1.807) is 0 Å². The van der Waals surface area contributed by atoms with Gasteiger partial charge in [-0.05, 0) is 40.5 Å². The van der Waals surface area contributed by atoms with Crippen LogP contribution in [-0.2, 0) is 13.0 Å². The van der Waals surface area contributed by atoms with Gasteiger partial charge in [-0.2, -0.15) is 0 Å². The Morgan fingerprint density at radius 2 is 1.74 bits per heavy atom. The summed E-state index contributed by atoms with van der Waals surface area (Å²) in [5.41, 5.74) is 2.30. The van der Waals surface area contributed by atoms with E-state index in [0.717, 1.165) is 12.1 Å². The first-order chi connectivity index (χ1) is 11.2. The van der Waals surface area contributed by atoms with Gasteiger partial charge in [-0.25, -0.2) is 0 Å². The van der Waals surface area contributed by atoms with E-state index < -0.39 is 6.10 Å². The molecule has 3 aromatic rings.